The second-order valence-electron chi connectivity index (χ2n) is 4.49. The molecule has 0 amide bonds. The van der Waals surface area contributed by atoms with Crippen molar-refractivity contribution in [2.24, 2.45) is 5.11 Å². The number of hydrogen-bond acceptors (Lipinski definition) is 3. The maximum absolute atomic E-state index is 14.4. The highest BCUT2D eigenvalue weighted by atomic mass is 79.9. The van der Waals surface area contributed by atoms with Crippen LogP contribution in [0.15, 0.2) is 15.7 Å². The zero-order chi connectivity index (χ0) is 15.3. The van der Waals surface area contributed by atoms with E-state index in [9.17, 15) is 4.39 Å². The molecule has 0 aromatic heterocycles. The van der Waals surface area contributed by atoms with Gasteiger partial charge < -0.3 is 9.47 Å². The van der Waals surface area contributed by atoms with E-state index in [1.165, 1.54) is 0 Å². The summed E-state index contributed by atoms with van der Waals surface area (Å²) in [6, 6.07) is 1.64. The maximum atomic E-state index is 14.4. The fraction of sp³-hybridized carbons (Fsp3) is 0.538. The van der Waals surface area contributed by atoms with Gasteiger partial charge in [0.1, 0.15) is 0 Å². The number of nitrogens with zero attached hydrogens (tertiary/aromatic N) is 3. The lowest BCUT2D eigenvalue weighted by molar-refractivity contribution is 0.273. The van der Waals surface area contributed by atoms with Crippen molar-refractivity contribution in [2.45, 2.75) is 33.2 Å². The topological polar surface area (TPSA) is 67.2 Å². The molecule has 0 aliphatic heterocycles. The van der Waals surface area contributed by atoms with Gasteiger partial charge in [0.25, 0.3) is 0 Å². The molecule has 1 rings (SSSR count). The first-order chi connectivity index (χ1) is 9.38. The van der Waals surface area contributed by atoms with Gasteiger partial charge in [-0.2, -0.15) is 0 Å². The van der Waals surface area contributed by atoms with Crippen molar-refractivity contribution in [1.82, 2.24) is 0 Å². The lowest BCUT2D eigenvalue weighted by Crippen LogP contribution is -2.15. The second-order valence-corrected chi connectivity index (χ2v) is 5.29. The van der Waals surface area contributed by atoms with Gasteiger partial charge in [-0.25, -0.2) is 4.39 Å². The lowest BCUT2D eigenvalue weighted by Gasteiger charge is -2.23. The Kier molecular flexibility index (Phi) is 5.65. The molecule has 5 nitrogen and oxygen atoms in total. The van der Waals surface area contributed by atoms with E-state index in [0.29, 0.717) is 24.5 Å². The van der Waals surface area contributed by atoms with Gasteiger partial charge in [-0.15, -0.1) is 0 Å². The van der Waals surface area contributed by atoms with Crippen LogP contribution in [-0.2, 0) is 5.54 Å². The molecular formula is C13H17BrFN3O2. The van der Waals surface area contributed by atoms with Crippen LogP contribution < -0.4 is 9.47 Å². The molecular weight excluding hydrogens is 329 g/mol. The molecule has 0 saturated heterocycles. The molecule has 0 fully saturated rings. The quantitative estimate of drug-likeness (QED) is 0.416. The number of azide groups is 1. The molecule has 0 atom stereocenters. The molecule has 0 aliphatic carbocycles. The molecule has 0 N–H and O–H groups in total. The Balaban J connectivity index is 3.52. The molecule has 0 aliphatic rings. The van der Waals surface area contributed by atoms with Crippen LogP contribution in [0.4, 0.5) is 4.39 Å². The van der Waals surface area contributed by atoms with Crippen LogP contribution in [0, 0.1) is 5.82 Å². The first kappa shape index (κ1) is 16.6. The number of benzene rings is 1. The Labute approximate surface area is 125 Å². The fourth-order valence-corrected chi connectivity index (χ4v) is 2.52. The smallest absolute Gasteiger partial charge is 0.198 e. The second kappa shape index (κ2) is 6.81. The number of hydrogen-bond donors (Lipinski definition) is 0. The van der Waals surface area contributed by atoms with Gasteiger partial charge in [0.2, 0.25) is 0 Å². The summed E-state index contributed by atoms with van der Waals surface area (Å²) in [5.74, 6) is -0.206. The third kappa shape index (κ3) is 3.35. The van der Waals surface area contributed by atoms with Crippen LogP contribution >= 0.6 is 15.9 Å². The van der Waals surface area contributed by atoms with Crippen LogP contribution in [0.5, 0.6) is 11.5 Å². The summed E-state index contributed by atoms with van der Waals surface area (Å²) < 4.78 is 25.3. The number of halogens is 2. The van der Waals surface area contributed by atoms with Gasteiger partial charge in [0.15, 0.2) is 17.3 Å². The van der Waals surface area contributed by atoms with Gasteiger partial charge in [-0.05, 0) is 46.9 Å². The van der Waals surface area contributed by atoms with E-state index in [4.69, 9.17) is 15.0 Å². The van der Waals surface area contributed by atoms with Gasteiger partial charge >= 0.3 is 0 Å². The van der Waals surface area contributed by atoms with E-state index in [0.717, 1.165) is 0 Å². The molecule has 0 bridgehead atoms. The van der Waals surface area contributed by atoms with Gasteiger partial charge in [-0.1, -0.05) is 19.0 Å². The largest absolute Gasteiger partial charge is 0.490 e. The predicted molar refractivity (Wildman–Crippen MR) is 78.6 cm³/mol. The van der Waals surface area contributed by atoms with Crippen molar-refractivity contribution in [1.29, 1.82) is 0 Å². The molecule has 0 saturated carbocycles. The summed E-state index contributed by atoms with van der Waals surface area (Å²) in [5.41, 5.74) is 8.22. The van der Waals surface area contributed by atoms with E-state index in [1.54, 1.807) is 33.8 Å². The summed E-state index contributed by atoms with van der Waals surface area (Å²) in [4.78, 5) is 2.80. The maximum Gasteiger partial charge on any atom is 0.198 e. The van der Waals surface area contributed by atoms with Crippen LogP contribution in [0.3, 0.4) is 0 Å². The summed E-state index contributed by atoms with van der Waals surface area (Å²) >= 11 is 3.20. The van der Waals surface area contributed by atoms with E-state index < -0.39 is 11.4 Å². The Bertz CT molecular complexity index is 543. The third-order valence-electron chi connectivity index (χ3n) is 2.67. The van der Waals surface area contributed by atoms with Crippen molar-refractivity contribution in [3.63, 3.8) is 0 Å². The minimum Gasteiger partial charge on any atom is -0.490 e. The number of rotatable bonds is 6. The van der Waals surface area contributed by atoms with Gasteiger partial charge in [-0.3, -0.25) is 0 Å². The number of ether oxygens (including phenoxy) is 2. The Morgan fingerprint density at radius 2 is 1.95 bits per heavy atom. The van der Waals surface area contributed by atoms with Crippen molar-refractivity contribution in [2.75, 3.05) is 13.2 Å². The van der Waals surface area contributed by atoms with Crippen molar-refractivity contribution < 1.29 is 13.9 Å². The highest BCUT2D eigenvalue weighted by molar-refractivity contribution is 9.10. The van der Waals surface area contributed by atoms with Crippen molar-refractivity contribution >= 4 is 15.9 Å². The molecule has 0 unspecified atom stereocenters. The van der Waals surface area contributed by atoms with Crippen LogP contribution in [0.1, 0.15) is 33.3 Å². The molecule has 0 radical (unpaired) electrons. The minimum atomic E-state index is -0.912. The summed E-state index contributed by atoms with van der Waals surface area (Å²) in [6.07, 6.45) is 0. The molecule has 7 heteroatoms. The molecule has 0 spiro atoms. The van der Waals surface area contributed by atoms with Crippen LogP contribution in [0.2, 0.25) is 0 Å². The Morgan fingerprint density at radius 1 is 1.35 bits per heavy atom. The van der Waals surface area contributed by atoms with Crippen molar-refractivity contribution in [3.05, 3.63) is 32.4 Å². The highest BCUT2D eigenvalue weighted by Crippen LogP contribution is 2.42. The summed E-state index contributed by atoms with van der Waals surface area (Å²) in [6.45, 7) is 7.66. The third-order valence-corrected chi connectivity index (χ3v) is 3.45. The summed E-state index contributed by atoms with van der Waals surface area (Å²) in [5, 5.41) is 3.69. The first-order valence-corrected chi connectivity index (χ1v) is 7.02. The van der Waals surface area contributed by atoms with Crippen molar-refractivity contribution in [3.8, 4) is 11.5 Å². The fourth-order valence-electron chi connectivity index (χ4n) is 1.74. The van der Waals surface area contributed by atoms with E-state index in [-0.39, 0.29) is 10.2 Å². The normalized spacial score (nSPS) is 10.9. The SMILES string of the molecule is CCOc1cc(C(C)(C)N=[N+]=[N-])c(Br)c(F)c1OCC. The highest BCUT2D eigenvalue weighted by Gasteiger charge is 2.28. The molecule has 1 aromatic carbocycles. The van der Waals surface area contributed by atoms with Gasteiger partial charge in [0.05, 0.1) is 23.2 Å². The average Bonchev–Trinajstić information content (AvgIpc) is 2.38. The lowest BCUT2D eigenvalue weighted by atomic mass is 9.95. The first-order valence-electron chi connectivity index (χ1n) is 6.23. The van der Waals surface area contributed by atoms with E-state index >= 15 is 0 Å². The zero-order valence-electron chi connectivity index (χ0n) is 11.9. The Hall–Kier alpha value is -1.46. The van der Waals surface area contributed by atoms with Crippen LogP contribution in [0.25, 0.3) is 10.4 Å². The van der Waals surface area contributed by atoms with E-state index in [2.05, 4.69) is 26.0 Å². The molecule has 1 aromatic rings. The van der Waals surface area contributed by atoms with E-state index in [1.807, 2.05) is 0 Å². The van der Waals surface area contributed by atoms with Gasteiger partial charge in [0, 0.05) is 4.91 Å². The average molecular weight is 346 g/mol. The monoisotopic (exact) mass is 345 g/mol. The zero-order valence-corrected chi connectivity index (χ0v) is 13.5. The minimum absolute atomic E-state index is 0.0571. The standard InChI is InChI=1S/C13H17BrFN3O2/c1-5-19-9-7-8(13(3,4)17-18-16)10(14)11(15)12(9)20-6-2/h7H,5-6H2,1-4H3. The summed E-state index contributed by atoms with van der Waals surface area (Å²) in [7, 11) is 0. The molecule has 0 heterocycles. The molecule has 20 heavy (non-hydrogen) atoms. The predicted octanol–water partition coefficient (Wildman–Crippen LogP) is 4.93. The van der Waals surface area contributed by atoms with Crippen LogP contribution in [-0.4, -0.2) is 13.2 Å². The Morgan fingerprint density at radius 3 is 2.45 bits per heavy atom. The molecule has 110 valence electrons.